The van der Waals surface area contributed by atoms with E-state index in [1.165, 1.54) is 39.4 Å². The average molecular weight is 588 g/mol. The fourth-order valence-corrected chi connectivity index (χ4v) is 6.59. The van der Waals surface area contributed by atoms with Crippen LogP contribution >= 0.6 is 0 Å². The van der Waals surface area contributed by atoms with Gasteiger partial charge in [-0.15, -0.1) is 10.3 Å². The van der Waals surface area contributed by atoms with Crippen LogP contribution in [0.5, 0.6) is 0 Å². The second-order valence-corrected chi connectivity index (χ2v) is 13.3. The molecule has 0 saturated heterocycles. The molecule has 7 heteroatoms. The number of ketones is 1. The third kappa shape index (κ3) is 5.80. The van der Waals surface area contributed by atoms with Gasteiger partial charge in [-0.1, -0.05) is 122 Å². The van der Waals surface area contributed by atoms with Crippen LogP contribution in [0.2, 0.25) is 0 Å². The molecule has 2 aromatic heterocycles. The molecule has 6 nitrogen and oxygen atoms in total. The van der Waals surface area contributed by atoms with Gasteiger partial charge in [-0.25, -0.2) is 9.13 Å². The lowest BCUT2D eigenvalue weighted by Gasteiger charge is -2.22. The van der Waals surface area contributed by atoms with E-state index in [0.29, 0.717) is 29.4 Å². The largest absolute Gasteiger partial charge is 0.412 e. The molecular formula is C37H46BN5O. The summed E-state index contributed by atoms with van der Waals surface area (Å²) in [6.07, 6.45) is 4.47. The molecule has 44 heavy (non-hydrogen) atoms. The number of carbonyl (C=O) groups is 1. The summed E-state index contributed by atoms with van der Waals surface area (Å²) < 4.78 is 6.85. The number of benzene rings is 3. The standard InChI is InChI=1S/C37H46BN5O/c1-23(2)29-17-13-18-30(24(3)4)35(29)41-21-22-42(36-31(25(5)6)19-14-20-32(36)26(7)8)37(41)38-43-34(28-15-11-10-12-16-28)33(27(9)44)39-40-43/h10-26H,38H2,1-9H3. The second-order valence-electron chi connectivity index (χ2n) is 13.3. The van der Waals surface area contributed by atoms with Crippen molar-refractivity contribution in [3.63, 3.8) is 0 Å². The highest BCUT2D eigenvalue weighted by Gasteiger charge is 2.28. The molecule has 0 aliphatic rings. The smallest absolute Gasteiger partial charge is 0.209 e. The lowest BCUT2D eigenvalue weighted by molar-refractivity contribution is -0.577. The van der Waals surface area contributed by atoms with Gasteiger partial charge >= 0.3 is 0 Å². The number of aromatic nitrogens is 5. The summed E-state index contributed by atoms with van der Waals surface area (Å²) in [5.41, 5.74) is 11.1. The van der Waals surface area contributed by atoms with Crippen LogP contribution in [0.4, 0.5) is 0 Å². The average Bonchev–Trinajstić information content (AvgIpc) is 3.61. The highest BCUT2D eigenvalue weighted by atomic mass is 16.1. The fourth-order valence-electron chi connectivity index (χ4n) is 6.59. The molecule has 0 N–H and O–H groups in total. The number of imidazole rings is 1. The van der Waals surface area contributed by atoms with Crippen molar-refractivity contribution in [2.75, 3.05) is 0 Å². The van der Waals surface area contributed by atoms with E-state index in [-0.39, 0.29) is 5.78 Å². The summed E-state index contributed by atoms with van der Waals surface area (Å²) >= 11 is 0. The summed E-state index contributed by atoms with van der Waals surface area (Å²) in [5.74, 6) is 1.30. The van der Waals surface area contributed by atoms with Crippen molar-refractivity contribution in [3.8, 4) is 22.6 Å². The first-order valence-electron chi connectivity index (χ1n) is 16.2. The van der Waals surface area contributed by atoms with E-state index >= 15 is 0 Å². The van der Waals surface area contributed by atoms with Crippen molar-refractivity contribution >= 4 is 18.9 Å². The molecule has 0 atom stereocenters. The summed E-state index contributed by atoms with van der Waals surface area (Å²) in [7, 11) is -1.19. The number of hydrogen-bond acceptors (Lipinski definition) is 3. The number of carbonyl (C=O) groups excluding carboxylic acids is 1. The summed E-state index contributed by atoms with van der Waals surface area (Å²) in [6.45, 7) is 19.7. The van der Waals surface area contributed by atoms with E-state index in [4.69, 9.17) is 0 Å². The molecule has 0 radical (unpaired) electrons. The van der Waals surface area contributed by atoms with E-state index in [2.05, 4.69) is 124 Å². The van der Waals surface area contributed by atoms with Crippen molar-refractivity contribution in [1.29, 1.82) is 0 Å². The molecule has 3 aromatic carbocycles. The minimum absolute atomic E-state index is 0.0792. The zero-order chi connectivity index (χ0) is 31.7. The first-order valence-corrected chi connectivity index (χ1v) is 16.2. The van der Waals surface area contributed by atoms with Crippen LogP contribution in [0.25, 0.3) is 22.6 Å². The quantitative estimate of drug-likeness (QED) is 0.101. The van der Waals surface area contributed by atoms with Gasteiger partial charge in [0.2, 0.25) is 7.41 Å². The predicted molar refractivity (Wildman–Crippen MR) is 183 cm³/mol. The van der Waals surface area contributed by atoms with Crippen molar-refractivity contribution < 1.29 is 9.36 Å². The van der Waals surface area contributed by atoms with Gasteiger partial charge in [0.15, 0.2) is 11.5 Å². The molecule has 5 rings (SSSR count). The summed E-state index contributed by atoms with van der Waals surface area (Å²) in [6, 6.07) is 23.5. The summed E-state index contributed by atoms with van der Waals surface area (Å²) in [5, 5.41) is 9.10. The molecule has 0 fully saturated rings. The van der Waals surface area contributed by atoms with E-state index < -0.39 is 7.41 Å². The maximum atomic E-state index is 12.8. The topological polar surface area (TPSA) is 56.6 Å². The fraction of sp³-hybridized carbons (Fsp3) is 0.351. The van der Waals surface area contributed by atoms with Gasteiger partial charge in [0, 0.05) is 29.2 Å². The first-order chi connectivity index (χ1) is 21.0. The van der Waals surface area contributed by atoms with Crippen LogP contribution in [0.15, 0.2) is 79.1 Å². The van der Waals surface area contributed by atoms with Gasteiger partial charge in [0.25, 0.3) is 0 Å². The van der Waals surface area contributed by atoms with Crippen LogP contribution in [0.3, 0.4) is 0 Å². The Kier molecular flexibility index (Phi) is 9.05. The molecule has 0 saturated carbocycles. The van der Waals surface area contributed by atoms with E-state index in [9.17, 15) is 4.79 Å². The molecule has 0 aliphatic carbocycles. The summed E-state index contributed by atoms with van der Waals surface area (Å²) in [4.78, 5) is 12.8. The molecule has 2 heterocycles. The van der Waals surface area contributed by atoms with E-state index in [0.717, 1.165) is 11.3 Å². The van der Waals surface area contributed by atoms with Gasteiger partial charge in [0.05, 0.1) is 5.69 Å². The highest BCUT2D eigenvalue weighted by Crippen LogP contribution is 2.32. The van der Waals surface area contributed by atoms with Crippen LogP contribution in [0.1, 0.15) is 119 Å². The van der Waals surface area contributed by atoms with Gasteiger partial charge in [-0.2, -0.15) is 0 Å². The third-order valence-electron chi connectivity index (χ3n) is 8.85. The second kappa shape index (κ2) is 12.8. The first kappa shape index (κ1) is 31.2. The van der Waals surface area contributed by atoms with Crippen molar-refractivity contribution in [1.82, 2.24) is 19.5 Å². The third-order valence-corrected chi connectivity index (χ3v) is 8.85. The van der Waals surface area contributed by atoms with Gasteiger partial charge < -0.3 is 4.59 Å². The molecule has 0 unspecified atom stereocenters. The van der Waals surface area contributed by atoms with E-state index in [1.54, 1.807) is 6.92 Å². The zero-order valence-corrected chi connectivity index (χ0v) is 28.0. The predicted octanol–water partition coefficient (Wildman–Crippen LogP) is 6.97. The Morgan fingerprint density at radius 3 is 1.75 bits per heavy atom. The Labute approximate surface area is 263 Å². The molecule has 228 valence electrons. The Balaban J connectivity index is 1.87. The Morgan fingerprint density at radius 2 is 1.25 bits per heavy atom. The minimum atomic E-state index is -1.19. The van der Waals surface area contributed by atoms with Crippen LogP contribution in [-0.2, 0) is 0 Å². The molecule has 0 aliphatic heterocycles. The van der Waals surface area contributed by atoms with Crippen LogP contribution in [-0.4, -0.2) is 32.7 Å². The zero-order valence-electron chi connectivity index (χ0n) is 28.0. The lowest BCUT2D eigenvalue weighted by Crippen LogP contribution is -2.54. The molecule has 0 spiro atoms. The van der Waals surface area contributed by atoms with Crippen LogP contribution < -0.4 is 10.3 Å². The molecule has 0 amide bonds. The maximum Gasteiger partial charge on any atom is 0.209 e. The SMILES string of the molecule is CC(=O)c1nnn([BH2-]c2n(-c3c(C(C)C)cccc3C(C)C)cc[n+]2-c2c(C(C)C)cccc2C(C)C)c1-c1ccccc1. The van der Waals surface area contributed by atoms with Crippen molar-refractivity contribution in [2.45, 2.75) is 86.0 Å². The number of Topliss-reactive ketones (excluding diaryl/α,β-unsaturated/α-hetero) is 1. The molecule has 5 aromatic rings. The normalized spacial score (nSPS) is 11.8. The Bertz CT molecular complexity index is 1650. The van der Waals surface area contributed by atoms with Crippen LogP contribution in [0, 0.1) is 0 Å². The Morgan fingerprint density at radius 1 is 0.727 bits per heavy atom. The maximum absolute atomic E-state index is 12.8. The number of para-hydroxylation sites is 2. The van der Waals surface area contributed by atoms with Gasteiger partial charge in [-0.05, 0) is 29.2 Å². The highest BCUT2D eigenvalue weighted by molar-refractivity contribution is 6.49. The van der Waals surface area contributed by atoms with Crippen molar-refractivity contribution in [2.24, 2.45) is 0 Å². The van der Waals surface area contributed by atoms with Gasteiger partial charge in [0.1, 0.15) is 29.5 Å². The number of hydrogen-bond donors (Lipinski definition) is 0. The lowest BCUT2D eigenvalue weighted by atomic mass is 9.87. The molecule has 0 bridgehead atoms. The van der Waals surface area contributed by atoms with Gasteiger partial charge in [-0.3, -0.25) is 4.79 Å². The van der Waals surface area contributed by atoms with Crippen molar-refractivity contribution in [3.05, 3.63) is 107 Å². The number of rotatable bonds is 10. The molecular weight excluding hydrogens is 541 g/mol. The number of nitrogens with zero attached hydrogens (tertiary/aromatic N) is 5. The minimum Gasteiger partial charge on any atom is -0.412 e. The van der Waals surface area contributed by atoms with E-state index in [1.807, 2.05) is 34.9 Å². The monoisotopic (exact) mass is 587 g/mol. The Hall–Kier alpha value is -4.26.